The van der Waals surface area contributed by atoms with E-state index in [1.807, 2.05) is 6.20 Å². The van der Waals surface area contributed by atoms with Crippen LogP contribution < -0.4 is 5.46 Å². The van der Waals surface area contributed by atoms with Gasteiger partial charge in [0.2, 0.25) is 0 Å². The van der Waals surface area contributed by atoms with Crippen molar-refractivity contribution in [2.75, 3.05) is 0 Å². The van der Waals surface area contributed by atoms with Crippen LogP contribution in [0.3, 0.4) is 0 Å². The smallest absolute Gasteiger partial charge is 0.399 e. The van der Waals surface area contributed by atoms with Crippen LogP contribution in [0, 0.1) is 5.92 Å². The standard InChI is InChI=1S/C16H27BN2O2/c1-12-8-6-7-9-14(12)19-11-13(10-18-19)17-20-15(2,3)16(4,5)21-17/h10-12,14H,6-9H2,1-5H3/t12-,14+/m1/s1. The zero-order valence-electron chi connectivity index (χ0n) is 13.9. The quantitative estimate of drug-likeness (QED) is 0.786. The van der Waals surface area contributed by atoms with E-state index < -0.39 is 0 Å². The van der Waals surface area contributed by atoms with Crippen LogP contribution in [0.2, 0.25) is 0 Å². The predicted molar refractivity (Wildman–Crippen MR) is 84.6 cm³/mol. The number of rotatable bonds is 2. The molecule has 0 N–H and O–H groups in total. The van der Waals surface area contributed by atoms with Crippen molar-refractivity contribution in [3.05, 3.63) is 12.4 Å². The van der Waals surface area contributed by atoms with Gasteiger partial charge in [-0.15, -0.1) is 0 Å². The van der Waals surface area contributed by atoms with Gasteiger partial charge in [0.05, 0.1) is 17.2 Å². The van der Waals surface area contributed by atoms with Crippen molar-refractivity contribution >= 4 is 12.6 Å². The lowest BCUT2D eigenvalue weighted by atomic mass is 9.81. The predicted octanol–water partition coefficient (Wildman–Crippen LogP) is 2.93. The van der Waals surface area contributed by atoms with Gasteiger partial charge in [-0.05, 0) is 46.5 Å². The third-order valence-corrected chi connectivity index (χ3v) is 5.55. The van der Waals surface area contributed by atoms with E-state index in [9.17, 15) is 0 Å². The summed E-state index contributed by atoms with van der Waals surface area (Å²) in [4.78, 5) is 0. The summed E-state index contributed by atoms with van der Waals surface area (Å²) in [5, 5.41) is 4.59. The molecule has 0 aromatic carbocycles. The Bertz CT molecular complexity index is 496. The Hall–Kier alpha value is -0.805. The molecule has 0 radical (unpaired) electrons. The van der Waals surface area contributed by atoms with E-state index in [4.69, 9.17) is 9.31 Å². The Morgan fingerprint density at radius 2 is 1.76 bits per heavy atom. The molecule has 0 bridgehead atoms. The average molecular weight is 290 g/mol. The summed E-state index contributed by atoms with van der Waals surface area (Å²) in [5.74, 6) is 0.699. The molecule has 1 saturated carbocycles. The number of aromatic nitrogens is 2. The number of hydrogen-bond donors (Lipinski definition) is 0. The van der Waals surface area contributed by atoms with Crippen molar-refractivity contribution in [2.45, 2.75) is 77.5 Å². The third-order valence-electron chi connectivity index (χ3n) is 5.55. The summed E-state index contributed by atoms with van der Waals surface area (Å²) in [6.07, 6.45) is 9.21. The van der Waals surface area contributed by atoms with Crippen molar-refractivity contribution in [2.24, 2.45) is 5.92 Å². The highest BCUT2D eigenvalue weighted by Crippen LogP contribution is 2.37. The van der Waals surface area contributed by atoms with E-state index >= 15 is 0 Å². The third kappa shape index (κ3) is 2.66. The highest BCUT2D eigenvalue weighted by atomic mass is 16.7. The number of nitrogens with zero attached hydrogens (tertiary/aromatic N) is 2. The molecule has 2 heterocycles. The highest BCUT2D eigenvalue weighted by molar-refractivity contribution is 6.61. The summed E-state index contributed by atoms with van der Waals surface area (Å²) >= 11 is 0. The summed E-state index contributed by atoms with van der Waals surface area (Å²) in [5.41, 5.74) is 0.446. The Kier molecular flexibility index (Phi) is 3.69. The summed E-state index contributed by atoms with van der Waals surface area (Å²) in [7, 11) is -0.303. The molecule has 21 heavy (non-hydrogen) atoms. The summed E-state index contributed by atoms with van der Waals surface area (Å²) in [6.45, 7) is 10.7. The van der Waals surface area contributed by atoms with E-state index in [-0.39, 0.29) is 18.3 Å². The average Bonchev–Trinajstić information content (AvgIpc) is 2.94. The molecule has 1 aromatic heterocycles. The molecule has 5 heteroatoms. The van der Waals surface area contributed by atoms with Gasteiger partial charge in [-0.25, -0.2) is 0 Å². The molecular weight excluding hydrogens is 263 g/mol. The molecule has 2 aliphatic rings. The van der Waals surface area contributed by atoms with Crippen LogP contribution in [-0.4, -0.2) is 28.1 Å². The van der Waals surface area contributed by atoms with E-state index in [0.717, 1.165) is 5.46 Å². The van der Waals surface area contributed by atoms with Crippen LogP contribution >= 0.6 is 0 Å². The molecule has 3 rings (SSSR count). The van der Waals surface area contributed by atoms with Gasteiger partial charge < -0.3 is 9.31 Å². The largest absolute Gasteiger partial charge is 0.498 e. The first-order valence-electron chi connectivity index (χ1n) is 8.20. The molecule has 4 nitrogen and oxygen atoms in total. The zero-order chi connectivity index (χ0) is 15.3. The monoisotopic (exact) mass is 290 g/mol. The van der Waals surface area contributed by atoms with Crippen molar-refractivity contribution in [1.29, 1.82) is 0 Å². The van der Waals surface area contributed by atoms with Gasteiger partial charge in [-0.3, -0.25) is 4.68 Å². The fourth-order valence-electron chi connectivity index (χ4n) is 3.32. The van der Waals surface area contributed by atoms with Crippen molar-refractivity contribution in [3.63, 3.8) is 0 Å². The molecule has 1 aromatic rings. The Balaban J connectivity index is 1.77. The van der Waals surface area contributed by atoms with E-state index in [0.29, 0.717) is 12.0 Å². The lowest BCUT2D eigenvalue weighted by Gasteiger charge is -2.32. The van der Waals surface area contributed by atoms with Gasteiger partial charge in [0.1, 0.15) is 0 Å². The molecule has 1 saturated heterocycles. The fraction of sp³-hybridized carbons (Fsp3) is 0.812. The van der Waals surface area contributed by atoms with Crippen molar-refractivity contribution in [3.8, 4) is 0 Å². The second-order valence-electron chi connectivity index (χ2n) is 7.67. The highest BCUT2D eigenvalue weighted by Gasteiger charge is 2.52. The Labute approximate surface area is 128 Å². The van der Waals surface area contributed by atoms with E-state index in [1.54, 1.807) is 0 Å². The van der Waals surface area contributed by atoms with Crippen LogP contribution in [0.15, 0.2) is 12.4 Å². The van der Waals surface area contributed by atoms with Crippen LogP contribution in [0.25, 0.3) is 0 Å². The van der Waals surface area contributed by atoms with Crippen LogP contribution in [0.1, 0.15) is 66.3 Å². The van der Waals surface area contributed by atoms with Gasteiger partial charge in [0, 0.05) is 17.9 Å². The second kappa shape index (κ2) is 5.13. The maximum absolute atomic E-state index is 6.10. The van der Waals surface area contributed by atoms with Crippen LogP contribution in [-0.2, 0) is 9.31 Å². The molecule has 2 atom stereocenters. The molecule has 1 aliphatic carbocycles. The molecule has 1 aliphatic heterocycles. The van der Waals surface area contributed by atoms with Crippen molar-refractivity contribution < 1.29 is 9.31 Å². The maximum Gasteiger partial charge on any atom is 0.498 e. The fourth-order valence-corrected chi connectivity index (χ4v) is 3.32. The summed E-state index contributed by atoms with van der Waals surface area (Å²) in [6, 6.07) is 0.523. The van der Waals surface area contributed by atoms with Crippen LogP contribution in [0.4, 0.5) is 0 Å². The first-order chi connectivity index (χ1) is 9.80. The zero-order valence-corrected chi connectivity index (χ0v) is 13.9. The lowest BCUT2D eigenvalue weighted by Crippen LogP contribution is -2.41. The van der Waals surface area contributed by atoms with Gasteiger partial charge >= 0.3 is 7.12 Å². The minimum absolute atomic E-state index is 0.294. The minimum Gasteiger partial charge on any atom is -0.399 e. The first-order valence-corrected chi connectivity index (χ1v) is 8.20. The Morgan fingerprint density at radius 1 is 1.14 bits per heavy atom. The topological polar surface area (TPSA) is 36.3 Å². The van der Waals surface area contributed by atoms with Crippen molar-refractivity contribution in [1.82, 2.24) is 9.78 Å². The maximum atomic E-state index is 6.10. The lowest BCUT2D eigenvalue weighted by molar-refractivity contribution is 0.00578. The Morgan fingerprint density at radius 3 is 2.38 bits per heavy atom. The van der Waals surface area contributed by atoms with Gasteiger partial charge in [-0.2, -0.15) is 5.10 Å². The van der Waals surface area contributed by atoms with E-state index in [1.165, 1.54) is 25.7 Å². The second-order valence-corrected chi connectivity index (χ2v) is 7.67. The molecule has 0 spiro atoms. The normalized spacial score (nSPS) is 31.6. The SMILES string of the molecule is C[C@@H]1CCCC[C@@H]1n1cc(B2OC(C)(C)C(C)(C)O2)cn1. The molecule has 116 valence electrons. The molecule has 0 unspecified atom stereocenters. The molecule has 0 amide bonds. The van der Waals surface area contributed by atoms with Gasteiger partial charge in [0.15, 0.2) is 0 Å². The van der Waals surface area contributed by atoms with E-state index in [2.05, 4.69) is 50.6 Å². The molecular formula is C16H27BN2O2. The summed E-state index contributed by atoms with van der Waals surface area (Å²) < 4.78 is 14.3. The van der Waals surface area contributed by atoms with Gasteiger partial charge in [-0.1, -0.05) is 19.8 Å². The molecule has 2 fully saturated rings. The minimum atomic E-state index is -0.303. The first kappa shape index (κ1) is 15.1. The van der Waals surface area contributed by atoms with Gasteiger partial charge in [0.25, 0.3) is 0 Å². The number of hydrogen-bond acceptors (Lipinski definition) is 3. The van der Waals surface area contributed by atoms with Crippen LogP contribution in [0.5, 0.6) is 0 Å².